The van der Waals surface area contributed by atoms with Gasteiger partial charge in [-0.05, 0) is 111 Å². The minimum Gasteiger partial charge on any atom is -0.481 e. The molecule has 0 spiro atoms. The van der Waals surface area contributed by atoms with Crippen molar-refractivity contribution in [2.45, 2.75) is 110 Å². The molecule has 11 atom stereocenters. The van der Waals surface area contributed by atoms with Gasteiger partial charge in [0.25, 0.3) is 0 Å². The topological polar surface area (TPSA) is 188 Å². The molecule has 4 saturated carbocycles. The number of aliphatic carboxylic acids is 1. The average Bonchev–Trinajstić information content (AvgIpc) is 3.27. The second-order valence-corrected chi connectivity index (χ2v) is 16.2. The molecule has 11 nitrogen and oxygen atoms in total. The molecule has 4 fully saturated rings. The molecule has 0 aromatic carbocycles. The van der Waals surface area contributed by atoms with Gasteiger partial charge in [-0.2, -0.15) is 0 Å². The zero-order valence-corrected chi connectivity index (χ0v) is 26.6. The molecule has 0 aliphatic heterocycles. The number of carbonyl (C=O) groups is 3. The van der Waals surface area contributed by atoms with Crippen molar-refractivity contribution in [3.63, 3.8) is 0 Å². The molecule has 12 heteroatoms. The number of aliphatic hydroxyl groups is 2. The third kappa shape index (κ3) is 7.66. The van der Waals surface area contributed by atoms with E-state index in [-0.39, 0.29) is 54.1 Å². The van der Waals surface area contributed by atoms with Crippen LogP contribution in [0.1, 0.15) is 97.8 Å². The number of carbonyl (C=O) groups excluding carboxylic acids is 2. The normalized spacial score (nSPS) is 38.6. The summed E-state index contributed by atoms with van der Waals surface area (Å²) >= 11 is 0. The summed E-state index contributed by atoms with van der Waals surface area (Å²) in [6.45, 7) is 6.39. The Labute approximate surface area is 254 Å². The third-order valence-corrected chi connectivity index (χ3v) is 13.1. The second kappa shape index (κ2) is 13.5. The lowest BCUT2D eigenvalue weighted by atomic mass is 9.43. The van der Waals surface area contributed by atoms with Crippen molar-refractivity contribution in [1.82, 2.24) is 0 Å². The largest absolute Gasteiger partial charge is 0.481 e. The number of ether oxygens (including phenoxy) is 2. The summed E-state index contributed by atoms with van der Waals surface area (Å²) in [5.41, 5.74) is 0.286. The summed E-state index contributed by atoms with van der Waals surface area (Å²) in [5.74, 6) is -1.78. The molecular weight excluding hydrogens is 579 g/mol. The fourth-order valence-corrected chi connectivity index (χ4v) is 10.8. The molecule has 4 aliphatic carbocycles. The highest BCUT2D eigenvalue weighted by molar-refractivity contribution is 7.51. The molecule has 5 N–H and O–H groups in total. The van der Waals surface area contributed by atoms with Crippen LogP contribution in [0.25, 0.3) is 0 Å². The molecule has 4 aliphatic rings. The summed E-state index contributed by atoms with van der Waals surface area (Å²) in [7, 11) is -4.55. The van der Waals surface area contributed by atoms with Gasteiger partial charge in [0.1, 0.15) is 0 Å². The fraction of sp³-hybridized carbons (Fsp3) is 0.903. The third-order valence-electron chi connectivity index (χ3n) is 12.2. The van der Waals surface area contributed by atoms with Gasteiger partial charge in [-0.3, -0.25) is 18.9 Å². The van der Waals surface area contributed by atoms with Crippen LogP contribution in [0.2, 0.25) is 0 Å². The molecule has 0 heterocycles. The first-order valence-corrected chi connectivity index (χ1v) is 17.8. The number of rotatable bonds is 12. The highest BCUT2D eigenvalue weighted by Gasteiger charge is 2.62. The van der Waals surface area contributed by atoms with Crippen LogP contribution in [-0.4, -0.2) is 68.2 Å². The van der Waals surface area contributed by atoms with E-state index < -0.39 is 44.4 Å². The predicted octanol–water partition coefficient (Wildman–Crippen LogP) is 4.10. The maximum Gasteiger partial charge on any atom is 0.326 e. The van der Waals surface area contributed by atoms with Crippen molar-refractivity contribution in [1.29, 1.82) is 0 Å². The number of fused-ring (bicyclic) bond motifs is 5. The van der Waals surface area contributed by atoms with E-state index in [1.807, 2.05) is 0 Å². The van der Waals surface area contributed by atoms with Crippen molar-refractivity contribution in [3.05, 3.63) is 0 Å². The molecular formula is C31H51O11P. The SMILES string of the molecule is C[C@H](CCC(=O)OCOC(=O)CCC(CP(=O)(O)O)C(=O)O)C1CCC2C3C(CC[C@@]21C)[C@@]1(C)CC[C@@H](O)C[C@H]1C[C@@H]3O. The van der Waals surface area contributed by atoms with Gasteiger partial charge in [0.05, 0.1) is 24.3 Å². The maximum atomic E-state index is 12.4. The Kier molecular flexibility index (Phi) is 10.7. The average molecular weight is 631 g/mol. The highest BCUT2D eigenvalue weighted by Crippen LogP contribution is 2.68. The smallest absolute Gasteiger partial charge is 0.326 e. The summed E-state index contributed by atoms with van der Waals surface area (Å²) in [4.78, 5) is 53.5. The Balaban J connectivity index is 1.23. The van der Waals surface area contributed by atoms with E-state index in [1.54, 1.807) is 0 Å². The van der Waals surface area contributed by atoms with Crippen LogP contribution < -0.4 is 0 Å². The van der Waals surface area contributed by atoms with Gasteiger partial charge >= 0.3 is 25.5 Å². The van der Waals surface area contributed by atoms with Crippen LogP contribution in [0.15, 0.2) is 0 Å². The van der Waals surface area contributed by atoms with E-state index in [2.05, 4.69) is 20.8 Å². The fourth-order valence-electron chi connectivity index (χ4n) is 9.90. The minimum absolute atomic E-state index is 0.103. The Morgan fingerprint density at radius 3 is 2.12 bits per heavy atom. The maximum absolute atomic E-state index is 12.4. The van der Waals surface area contributed by atoms with Gasteiger partial charge in [0, 0.05) is 12.8 Å². The van der Waals surface area contributed by atoms with E-state index in [0.29, 0.717) is 30.1 Å². The summed E-state index contributed by atoms with van der Waals surface area (Å²) in [6, 6.07) is 0. The molecule has 0 aromatic heterocycles. The van der Waals surface area contributed by atoms with Gasteiger partial charge in [0.2, 0.25) is 6.79 Å². The highest BCUT2D eigenvalue weighted by atomic mass is 31.2. The molecule has 4 rings (SSSR count). The zero-order valence-electron chi connectivity index (χ0n) is 25.7. The number of esters is 2. The van der Waals surface area contributed by atoms with E-state index in [9.17, 15) is 29.2 Å². The molecule has 0 aromatic rings. The van der Waals surface area contributed by atoms with Crippen molar-refractivity contribution in [3.8, 4) is 0 Å². The van der Waals surface area contributed by atoms with Crippen LogP contribution in [0.4, 0.5) is 0 Å². The number of aliphatic hydroxyl groups excluding tert-OH is 2. The molecule has 0 bridgehead atoms. The van der Waals surface area contributed by atoms with Crippen LogP contribution in [0.3, 0.4) is 0 Å². The number of carboxylic acid groups (broad SMARTS) is 1. The number of hydrogen-bond donors (Lipinski definition) is 5. The van der Waals surface area contributed by atoms with Gasteiger partial charge < -0.3 is 34.6 Å². The lowest BCUT2D eigenvalue weighted by Gasteiger charge is -2.62. The molecule has 0 amide bonds. The van der Waals surface area contributed by atoms with Crippen molar-refractivity contribution in [2.24, 2.45) is 52.3 Å². The monoisotopic (exact) mass is 630 g/mol. The number of hydrogen-bond acceptors (Lipinski definition) is 8. The van der Waals surface area contributed by atoms with E-state index in [1.165, 1.54) is 0 Å². The second-order valence-electron chi connectivity index (χ2n) is 14.5. The van der Waals surface area contributed by atoms with Gasteiger partial charge in [-0.15, -0.1) is 0 Å². The molecule has 5 unspecified atom stereocenters. The first-order chi connectivity index (χ1) is 20.0. The van der Waals surface area contributed by atoms with E-state index in [0.717, 1.165) is 51.4 Å². The standard InChI is InChI=1S/C31H51O11P/c1-18(4-8-26(34)41-17-42-27(35)9-5-19(29(36)37)16-43(38,39)40)22-6-7-23-28-24(11-13-31(22,23)3)30(2)12-10-21(32)14-20(30)15-25(28)33/h18-25,28,32-33H,4-17H2,1-3H3,(H,36,37)(H2,38,39,40)/t18-,19?,20+,21-,22?,23?,24?,25+,28?,30+,31-/m1/s1. The van der Waals surface area contributed by atoms with Crippen molar-refractivity contribution in [2.75, 3.05) is 13.0 Å². The molecule has 246 valence electrons. The van der Waals surface area contributed by atoms with Gasteiger partial charge in [-0.1, -0.05) is 20.8 Å². The Morgan fingerprint density at radius 2 is 1.49 bits per heavy atom. The summed E-state index contributed by atoms with van der Waals surface area (Å²) in [6.07, 6.45) is 6.56. The molecule has 0 saturated heterocycles. The van der Waals surface area contributed by atoms with Crippen LogP contribution in [0, 0.1) is 52.3 Å². The van der Waals surface area contributed by atoms with Crippen LogP contribution >= 0.6 is 7.60 Å². The van der Waals surface area contributed by atoms with Gasteiger partial charge in [-0.25, -0.2) is 0 Å². The lowest BCUT2D eigenvalue weighted by Crippen LogP contribution is -2.58. The molecule has 43 heavy (non-hydrogen) atoms. The molecule has 0 radical (unpaired) electrons. The Hall–Kier alpha value is -1.52. The van der Waals surface area contributed by atoms with Crippen LogP contribution in [0.5, 0.6) is 0 Å². The predicted molar refractivity (Wildman–Crippen MR) is 155 cm³/mol. The summed E-state index contributed by atoms with van der Waals surface area (Å²) in [5, 5.41) is 30.8. The van der Waals surface area contributed by atoms with E-state index >= 15 is 0 Å². The van der Waals surface area contributed by atoms with Gasteiger partial charge in [0.15, 0.2) is 0 Å². The zero-order chi connectivity index (χ0) is 31.7. The minimum atomic E-state index is -4.55. The van der Waals surface area contributed by atoms with E-state index in [4.69, 9.17) is 24.4 Å². The summed E-state index contributed by atoms with van der Waals surface area (Å²) < 4.78 is 21.0. The first kappa shape index (κ1) is 34.4. The van der Waals surface area contributed by atoms with Crippen molar-refractivity contribution >= 4 is 25.5 Å². The quantitative estimate of drug-likeness (QED) is 0.119. The van der Waals surface area contributed by atoms with Crippen molar-refractivity contribution < 1.29 is 53.5 Å². The lowest BCUT2D eigenvalue weighted by molar-refractivity contribution is -0.174. The Morgan fingerprint density at radius 1 is 0.884 bits per heavy atom. The first-order valence-electron chi connectivity index (χ1n) is 16.0. The number of carboxylic acids is 1. The van der Waals surface area contributed by atoms with Crippen LogP contribution in [-0.2, 0) is 28.4 Å². The Bertz CT molecular complexity index is 1080.